The van der Waals surface area contributed by atoms with Crippen molar-refractivity contribution in [3.8, 4) is 0 Å². The molecule has 0 unspecified atom stereocenters. The monoisotopic (exact) mass is 253 g/mol. The summed E-state index contributed by atoms with van der Waals surface area (Å²) in [5.41, 5.74) is 2.92. The predicted molar refractivity (Wildman–Crippen MR) is 69.3 cm³/mol. The number of hydrogen-bond acceptors (Lipinski definition) is 3. The normalized spacial score (nSPS) is 11.1. The van der Waals surface area contributed by atoms with E-state index in [4.69, 9.17) is 5.84 Å². The van der Waals surface area contributed by atoms with Crippen LogP contribution in [-0.2, 0) is 6.54 Å². The number of benzene rings is 1. The van der Waals surface area contributed by atoms with Gasteiger partial charge in [-0.2, -0.15) is 0 Å². The van der Waals surface area contributed by atoms with Crippen LogP contribution in [0.4, 0.5) is 4.39 Å². The van der Waals surface area contributed by atoms with Crippen LogP contribution in [0.5, 0.6) is 0 Å². The largest absolute Gasteiger partial charge is 0.297 e. The minimum Gasteiger partial charge on any atom is -0.297 e. The summed E-state index contributed by atoms with van der Waals surface area (Å²) in [6, 6.07) is 4.59. The molecular formula is C13H20FN3O. The summed E-state index contributed by atoms with van der Waals surface area (Å²) >= 11 is 0. The first kappa shape index (κ1) is 14.6. The van der Waals surface area contributed by atoms with Gasteiger partial charge in [-0.3, -0.25) is 15.1 Å². The first-order valence-electron chi connectivity index (χ1n) is 6.03. The zero-order valence-corrected chi connectivity index (χ0v) is 11.0. The fraction of sp³-hybridized carbons (Fsp3) is 0.462. The molecule has 0 bridgehead atoms. The Kier molecular flexibility index (Phi) is 5.25. The molecule has 0 aliphatic heterocycles. The number of hydrogen-bond donors (Lipinski definition) is 2. The molecule has 0 spiro atoms. The predicted octanol–water partition coefficient (Wildman–Crippen LogP) is 1.66. The fourth-order valence-electron chi connectivity index (χ4n) is 1.80. The van der Waals surface area contributed by atoms with E-state index in [2.05, 4.69) is 18.7 Å². The molecule has 0 heterocycles. The Balaban J connectivity index is 2.97. The standard InChI is InChI=1S/C13H20FN3O/c1-4-17(9(2)3)8-11-7-10(13(18)16-15)5-6-12(11)14/h5-7,9H,4,8,15H2,1-3H3,(H,16,18). The van der Waals surface area contributed by atoms with E-state index >= 15 is 0 Å². The van der Waals surface area contributed by atoms with Crippen LogP contribution >= 0.6 is 0 Å². The van der Waals surface area contributed by atoms with Crippen LogP contribution in [0, 0.1) is 5.82 Å². The maximum absolute atomic E-state index is 13.7. The number of nitrogens with zero attached hydrogens (tertiary/aromatic N) is 1. The zero-order valence-electron chi connectivity index (χ0n) is 11.0. The third-order valence-corrected chi connectivity index (χ3v) is 2.95. The number of hydrazine groups is 1. The van der Waals surface area contributed by atoms with Crippen molar-refractivity contribution < 1.29 is 9.18 Å². The Morgan fingerprint density at radius 3 is 2.67 bits per heavy atom. The number of rotatable bonds is 5. The Bertz CT molecular complexity index is 421. The van der Waals surface area contributed by atoms with Crippen molar-refractivity contribution in [2.45, 2.75) is 33.4 Å². The van der Waals surface area contributed by atoms with Crippen molar-refractivity contribution in [1.82, 2.24) is 10.3 Å². The number of amides is 1. The summed E-state index contributed by atoms with van der Waals surface area (Å²) in [5.74, 6) is 4.35. The molecule has 0 saturated carbocycles. The Morgan fingerprint density at radius 2 is 2.17 bits per heavy atom. The van der Waals surface area contributed by atoms with Crippen LogP contribution in [0.1, 0.15) is 36.7 Å². The van der Waals surface area contributed by atoms with Gasteiger partial charge in [0.15, 0.2) is 0 Å². The third-order valence-electron chi connectivity index (χ3n) is 2.95. The number of nitrogens with one attached hydrogen (secondary N) is 1. The molecule has 0 aliphatic rings. The second-order valence-corrected chi connectivity index (χ2v) is 4.44. The van der Waals surface area contributed by atoms with E-state index in [1.807, 2.05) is 12.3 Å². The summed E-state index contributed by atoms with van der Waals surface area (Å²) < 4.78 is 13.7. The van der Waals surface area contributed by atoms with Crippen molar-refractivity contribution in [3.05, 3.63) is 35.1 Å². The van der Waals surface area contributed by atoms with Crippen molar-refractivity contribution in [1.29, 1.82) is 0 Å². The van der Waals surface area contributed by atoms with E-state index in [0.29, 0.717) is 23.7 Å². The molecule has 1 aromatic carbocycles. The Hall–Kier alpha value is -1.46. The molecule has 0 atom stereocenters. The molecule has 5 heteroatoms. The molecular weight excluding hydrogens is 233 g/mol. The smallest absolute Gasteiger partial charge is 0.265 e. The van der Waals surface area contributed by atoms with Gasteiger partial charge >= 0.3 is 0 Å². The van der Waals surface area contributed by atoms with Gasteiger partial charge in [0.05, 0.1) is 0 Å². The minimum atomic E-state index is -0.413. The van der Waals surface area contributed by atoms with Gasteiger partial charge < -0.3 is 0 Å². The molecule has 1 aromatic rings. The number of nitrogen functional groups attached to an aromatic ring is 1. The van der Waals surface area contributed by atoms with Crippen molar-refractivity contribution in [2.75, 3.05) is 6.54 Å². The molecule has 18 heavy (non-hydrogen) atoms. The average molecular weight is 253 g/mol. The van der Waals surface area contributed by atoms with E-state index in [0.717, 1.165) is 6.54 Å². The summed E-state index contributed by atoms with van der Waals surface area (Å²) in [6.07, 6.45) is 0. The van der Waals surface area contributed by atoms with E-state index < -0.39 is 5.91 Å². The molecule has 0 fully saturated rings. The molecule has 100 valence electrons. The fourth-order valence-corrected chi connectivity index (χ4v) is 1.80. The van der Waals surface area contributed by atoms with Crippen molar-refractivity contribution in [3.63, 3.8) is 0 Å². The van der Waals surface area contributed by atoms with Gasteiger partial charge in [-0.15, -0.1) is 0 Å². The van der Waals surface area contributed by atoms with Gasteiger partial charge in [0.2, 0.25) is 0 Å². The third kappa shape index (κ3) is 3.51. The van der Waals surface area contributed by atoms with Crippen LogP contribution in [0.3, 0.4) is 0 Å². The SMILES string of the molecule is CCN(Cc1cc(C(=O)NN)ccc1F)C(C)C. The van der Waals surface area contributed by atoms with Crippen molar-refractivity contribution in [2.24, 2.45) is 5.84 Å². The molecule has 4 nitrogen and oxygen atoms in total. The van der Waals surface area contributed by atoms with Crippen LogP contribution in [0.2, 0.25) is 0 Å². The van der Waals surface area contributed by atoms with Gasteiger partial charge in [-0.1, -0.05) is 6.92 Å². The topological polar surface area (TPSA) is 58.4 Å². The maximum atomic E-state index is 13.7. The quantitative estimate of drug-likeness (QED) is 0.476. The second kappa shape index (κ2) is 6.47. The summed E-state index contributed by atoms with van der Waals surface area (Å²) in [4.78, 5) is 13.5. The number of halogens is 1. The zero-order chi connectivity index (χ0) is 13.7. The molecule has 0 saturated heterocycles. The second-order valence-electron chi connectivity index (χ2n) is 4.44. The highest BCUT2D eigenvalue weighted by Crippen LogP contribution is 2.14. The molecule has 0 radical (unpaired) electrons. The number of nitrogens with two attached hydrogens (primary N) is 1. The summed E-state index contributed by atoms with van der Waals surface area (Å²) in [6.45, 7) is 7.43. The Morgan fingerprint density at radius 1 is 1.50 bits per heavy atom. The van der Waals surface area contributed by atoms with Gasteiger partial charge in [-0.05, 0) is 38.6 Å². The first-order chi connectivity index (χ1) is 8.49. The van der Waals surface area contributed by atoms with Crippen molar-refractivity contribution >= 4 is 5.91 Å². The highest BCUT2D eigenvalue weighted by Gasteiger charge is 2.13. The summed E-state index contributed by atoms with van der Waals surface area (Å²) in [5, 5.41) is 0. The van der Waals surface area contributed by atoms with E-state index in [1.165, 1.54) is 12.1 Å². The first-order valence-corrected chi connectivity index (χ1v) is 6.03. The van der Waals surface area contributed by atoms with Gasteiger partial charge in [0.1, 0.15) is 5.82 Å². The lowest BCUT2D eigenvalue weighted by Crippen LogP contribution is -2.31. The van der Waals surface area contributed by atoms with Gasteiger partial charge in [0, 0.05) is 23.7 Å². The number of carbonyl (C=O) groups excluding carboxylic acids is 1. The molecule has 3 N–H and O–H groups in total. The highest BCUT2D eigenvalue weighted by atomic mass is 19.1. The van der Waals surface area contributed by atoms with E-state index in [9.17, 15) is 9.18 Å². The molecule has 0 aromatic heterocycles. The molecule has 1 rings (SSSR count). The minimum absolute atomic E-state index is 0.303. The molecule has 0 aliphatic carbocycles. The number of carbonyl (C=O) groups is 1. The molecule has 1 amide bonds. The van der Waals surface area contributed by atoms with Crippen LogP contribution in [0.15, 0.2) is 18.2 Å². The van der Waals surface area contributed by atoms with Crippen LogP contribution in [-0.4, -0.2) is 23.4 Å². The van der Waals surface area contributed by atoms with Gasteiger partial charge in [-0.25, -0.2) is 10.2 Å². The van der Waals surface area contributed by atoms with Gasteiger partial charge in [0.25, 0.3) is 5.91 Å². The van der Waals surface area contributed by atoms with Crippen LogP contribution < -0.4 is 11.3 Å². The highest BCUT2D eigenvalue weighted by molar-refractivity contribution is 5.93. The average Bonchev–Trinajstić information content (AvgIpc) is 2.36. The Labute approximate surface area is 107 Å². The van der Waals surface area contributed by atoms with E-state index in [1.54, 1.807) is 6.07 Å². The lowest BCUT2D eigenvalue weighted by molar-refractivity contribution is 0.0953. The summed E-state index contributed by atoms with van der Waals surface area (Å²) in [7, 11) is 0. The maximum Gasteiger partial charge on any atom is 0.265 e. The lowest BCUT2D eigenvalue weighted by atomic mass is 10.1. The van der Waals surface area contributed by atoms with E-state index in [-0.39, 0.29) is 5.82 Å². The van der Waals surface area contributed by atoms with Crippen LogP contribution in [0.25, 0.3) is 0 Å². The lowest BCUT2D eigenvalue weighted by Gasteiger charge is -2.25.